The molecule has 2 aromatic carbocycles. The Morgan fingerprint density at radius 2 is 1.65 bits per heavy atom. The van der Waals surface area contributed by atoms with Crippen LogP contribution in [-0.2, 0) is 0 Å². The summed E-state index contributed by atoms with van der Waals surface area (Å²) < 4.78 is 6.11. The summed E-state index contributed by atoms with van der Waals surface area (Å²) in [6.45, 7) is 4.62. The molecule has 0 N–H and O–H groups in total. The van der Waals surface area contributed by atoms with E-state index in [0.29, 0.717) is 0 Å². The molecule has 130 valence electrons. The summed E-state index contributed by atoms with van der Waals surface area (Å²) in [6, 6.07) is 17.0. The molecule has 26 heavy (non-hydrogen) atoms. The average molecular weight is 343 g/mol. The lowest BCUT2D eigenvalue weighted by atomic mass is 9.61. The van der Waals surface area contributed by atoms with Crippen molar-refractivity contribution in [3.05, 3.63) is 59.8 Å². The maximum absolute atomic E-state index is 6.11. The van der Waals surface area contributed by atoms with Crippen molar-refractivity contribution in [3.63, 3.8) is 0 Å². The number of hydrogen-bond donors (Lipinski definition) is 0. The van der Waals surface area contributed by atoms with Crippen LogP contribution in [0.4, 0.5) is 17.1 Å². The lowest BCUT2D eigenvalue weighted by molar-refractivity contribution is 0.603. The summed E-state index contributed by atoms with van der Waals surface area (Å²) in [5.41, 5.74) is 5.97. The predicted octanol–water partition coefficient (Wildman–Crippen LogP) is 4.62. The Bertz CT molecular complexity index is 1040. The SMILES string of the molecule is CC1=Cc2oc3ccccc3c2N(C)B1N1c2ccccc2N(C)[C@@H]1C. The van der Waals surface area contributed by atoms with Gasteiger partial charge in [-0.05, 0) is 51.2 Å². The third-order valence-corrected chi connectivity index (χ3v) is 5.85. The molecule has 4 nitrogen and oxygen atoms in total. The zero-order chi connectivity index (χ0) is 18.0. The molecule has 0 saturated heterocycles. The summed E-state index contributed by atoms with van der Waals surface area (Å²) in [7, 11) is 4.35. The van der Waals surface area contributed by atoms with Crippen molar-refractivity contribution in [2.24, 2.45) is 0 Å². The Kier molecular flexibility index (Phi) is 3.17. The number of allylic oxidation sites excluding steroid dienone is 1. The van der Waals surface area contributed by atoms with Crippen LogP contribution in [0.1, 0.15) is 19.6 Å². The Labute approximate surface area is 154 Å². The van der Waals surface area contributed by atoms with Crippen LogP contribution in [0.15, 0.2) is 58.4 Å². The minimum absolute atomic E-state index is 0.157. The predicted molar refractivity (Wildman–Crippen MR) is 111 cm³/mol. The second-order valence-corrected chi connectivity index (χ2v) is 7.32. The third kappa shape index (κ3) is 1.91. The van der Waals surface area contributed by atoms with Crippen LogP contribution in [-0.4, -0.2) is 27.2 Å². The van der Waals surface area contributed by atoms with E-state index < -0.39 is 0 Å². The van der Waals surface area contributed by atoms with E-state index in [-0.39, 0.29) is 13.1 Å². The van der Waals surface area contributed by atoms with E-state index in [1.165, 1.54) is 27.9 Å². The van der Waals surface area contributed by atoms with Crippen LogP contribution in [0.5, 0.6) is 0 Å². The molecule has 5 heteroatoms. The fraction of sp³-hybridized carbons (Fsp3) is 0.238. The molecular formula is C21H22BN3O. The van der Waals surface area contributed by atoms with E-state index in [9.17, 15) is 0 Å². The molecule has 0 aliphatic carbocycles. The molecule has 0 radical (unpaired) electrons. The molecule has 0 saturated carbocycles. The molecule has 0 unspecified atom stereocenters. The first kappa shape index (κ1) is 15.4. The van der Waals surface area contributed by atoms with Crippen LogP contribution in [0.25, 0.3) is 17.0 Å². The molecule has 0 bridgehead atoms. The molecule has 2 aliphatic rings. The van der Waals surface area contributed by atoms with Gasteiger partial charge < -0.3 is 18.9 Å². The van der Waals surface area contributed by atoms with Gasteiger partial charge in [0.1, 0.15) is 11.3 Å². The lowest BCUT2D eigenvalue weighted by Gasteiger charge is -2.40. The van der Waals surface area contributed by atoms with Gasteiger partial charge in [-0.2, -0.15) is 0 Å². The smallest absolute Gasteiger partial charge is 0.408 e. The number of benzene rings is 2. The second-order valence-electron chi connectivity index (χ2n) is 7.32. The van der Waals surface area contributed by atoms with Gasteiger partial charge in [-0.3, -0.25) is 0 Å². The molecule has 2 aliphatic heterocycles. The molecule has 3 aromatic rings. The van der Waals surface area contributed by atoms with Gasteiger partial charge in [0.05, 0.1) is 23.2 Å². The highest BCUT2D eigenvalue weighted by Crippen LogP contribution is 2.44. The number of rotatable bonds is 1. The lowest BCUT2D eigenvalue weighted by Crippen LogP contribution is -2.58. The van der Waals surface area contributed by atoms with Crippen LogP contribution in [0, 0.1) is 0 Å². The van der Waals surface area contributed by atoms with Crippen LogP contribution in [0.2, 0.25) is 0 Å². The molecule has 0 fully saturated rings. The standard InChI is InChI=1S/C21H22BN3O/c1-14-13-20-21(16-9-5-8-12-19(16)26-20)24(4)22(14)25-15(2)23(3)17-10-6-7-11-18(17)25/h5-13,15H,1-4H3/t15-/m0/s1. The number of hydrogen-bond acceptors (Lipinski definition) is 4. The van der Waals surface area contributed by atoms with E-state index in [0.717, 1.165) is 11.3 Å². The van der Waals surface area contributed by atoms with Gasteiger partial charge in [0.2, 0.25) is 0 Å². The van der Waals surface area contributed by atoms with Gasteiger partial charge in [-0.15, -0.1) is 0 Å². The van der Waals surface area contributed by atoms with Crippen molar-refractivity contribution in [2.75, 3.05) is 28.6 Å². The van der Waals surface area contributed by atoms with Gasteiger partial charge >= 0.3 is 6.98 Å². The van der Waals surface area contributed by atoms with E-state index in [1.807, 2.05) is 12.1 Å². The fourth-order valence-electron chi connectivity index (χ4n) is 4.53. The van der Waals surface area contributed by atoms with E-state index in [4.69, 9.17) is 4.42 Å². The first-order valence-corrected chi connectivity index (χ1v) is 9.10. The van der Waals surface area contributed by atoms with E-state index in [1.54, 1.807) is 0 Å². The maximum atomic E-state index is 6.11. The van der Waals surface area contributed by atoms with Crippen molar-refractivity contribution < 1.29 is 4.42 Å². The minimum atomic E-state index is 0.157. The van der Waals surface area contributed by atoms with Crippen molar-refractivity contribution in [3.8, 4) is 0 Å². The zero-order valence-corrected chi connectivity index (χ0v) is 15.6. The van der Waals surface area contributed by atoms with Crippen LogP contribution < -0.4 is 14.5 Å². The second kappa shape index (κ2) is 5.34. The molecule has 0 amide bonds. The Balaban J connectivity index is 1.67. The van der Waals surface area contributed by atoms with Gasteiger partial charge in [0, 0.05) is 12.4 Å². The third-order valence-electron chi connectivity index (χ3n) is 5.85. The van der Waals surface area contributed by atoms with Gasteiger partial charge in [-0.25, -0.2) is 0 Å². The Morgan fingerprint density at radius 1 is 0.962 bits per heavy atom. The quantitative estimate of drug-likeness (QED) is 0.602. The number of nitrogens with zero attached hydrogens (tertiary/aromatic N) is 3. The van der Waals surface area contributed by atoms with Gasteiger partial charge in [0.25, 0.3) is 0 Å². The molecule has 1 atom stereocenters. The number of furan rings is 1. The normalized spacial score (nSPS) is 19.1. The van der Waals surface area contributed by atoms with Crippen molar-refractivity contribution in [1.29, 1.82) is 0 Å². The summed E-state index contributed by atoms with van der Waals surface area (Å²) >= 11 is 0. The highest BCUT2D eigenvalue weighted by Gasteiger charge is 2.44. The highest BCUT2D eigenvalue weighted by molar-refractivity contribution is 6.76. The largest absolute Gasteiger partial charge is 0.455 e. The van der Waals surface area contributed by atoms with Crippen LogP contribution >= 0.6 is 0 Å². The van der Waals surface area contributed by atoms with Gasteiger partial charge in [-0.1, -0.05) is 29.7 Å². The summed E-state index contributed by atoms with van der Waals surface area (Å²) in [4.78, 5) is 7.22. The number of para-hydroxylation sites is 3. The average Bonchev–Trinajstić information content (AvgIpc) is 3.12. The first-order chi connectivity index (χ1) is 12.6. The Hall–Kier alpha value is -2.82. The molecule has 3 heterocycles. The van der Waals surface area contributed by atoms with Gasteiger partial charge in [0.15, 0.2) is 0 Å². The minimum Gasteiger partial charge on any atom is -0.455 e. The topological polar surface area (TPSA) is 22.9 Å². The summed E-state index contributed by atoms with van der Waals surface area (Å²) in [5.74, 6) is 0.955. The van der Waals surface area contributed by atoms with Crippen molar-refractivity contribution in [1.82, 2.24) is 0 Å². The molecule has 5 rings (SSSR count). The first-order valence-electron chi connectivity index (χ1n) is 9.10. The van der Waals surface area contributed by atoms with Crippen LogP contribution in [0.3, 0.4) is 0 Å². The van der Waals surface area contributed by atoms with Crippen molar-refractivity contribution in [2.45, 2.75) is 20.0 Å². The summed E-state index contributed by atoms with van der Waals surface area (Å²) in [6.07, 6.45) is 2.48. The van der Waals surface area contributed by atoms with E-state index in [2.05, 4.69) is 84.9 Å². The Morgan fingerprint density at radius 3 is 2.46 bits per heavy atom. The molecule has 0 spiro atoms. The molecular weight excluding hydrogens is 321 g/mol. The highest BCUT2D eigenvalue weighted by atomic mass is 16.3. The monoisotopic (exact) mass is 343 g/mol. The molecule has 1 aromatic heterocycles. The fourth-order valence-corrected chi connectivity index (χ4v) is 4.53. The maximum Gasteiger partial charge on any atom is 0.408 e. The van der Waals surface area contributed by atoms with Crippen molar-refractivity contribution >= 4 is 41.1 Å². The summed E-state index contributed by atoms with van der Waals surface area (Å²) in [5, 5.41) is 1.17. The van der Waals surface area contributed by atoms with E-state index >= 15 is 0 Å². The number of anilines is 3. The number of fused-ring (bicyclic) bond motifs is 4. The zero-order valence-electron chi connectivity index (χ0n) is 15.6.